The Morgan fingerprint density at radius 1 is 0.673 bits per heavy atom. The Bertz CT molecular complexity index is 2050. The molecule has 0 bridgehead atoms. The van der Waals surface area contributed by atoms with Gasteiger partial charge in [-0.05, 0) is 86.3 Å². The average Bonchev–Trinajstić information content (AvgIpc) is 3.94. The van der Waals surface area contributed by atoms with Gasteiger partial charge in [-0.1, -0.05) is 59.7 Å². The Balaban J connectivity index is 1.10. The van der Waals surface area contributed by atoms with Gasteiger partial charge in [0.25, 0.3) is 11.8 Å². The number of aliphatic hydroxyl groups excluding tert-OH is 2. The Morgan fingerprint density at radius 2 is 1.13 bits per heavy atom. The Hall–Kier alpha value is -5.79. The fourth-order valence-electron chi connectivity index (χ4n) is 7.13. The van der Waals surface area contributed by atoms with Crippen molar-refractivity contribution in [2.24, 2.45) is 0 Å². The number of aliphatic hydroxyl groups is 2. The third-order valence-electron chi connectivity index (χ3n) is 9.91. The third kappa shape index (κ3) is 8.63. The maximum absolute atomic E-state index is 13.7. The summed E-state index contributed by atoms with van der Waals surface area (Å²) >= 11 is 0. The van der Waals surface area contributed by atoms with Gasteiger partial charge < -0.3 is 25.3 Å². The third-order valence-corrected chi connectivity index (χ3v) is 9.91. The first-order valence-electron chi connectivity index (χ1n) is 18.4. The summed E-state index contributed by atoms with van der Waals surface area (Å²) < 4.78 is 6.13. The van der Waals surface area contributed by atoms with Gasteiger partial charge in [0.1, 0.15) is 0 Å². The number of oxazole rings is 1. The number of carbonyl (C=O) groups excluding carboxylic acids is 4. The number of imide groups is 2. The van der Waals surface area contributed by atoms with E-state index in [9.17, 15) is 29.4 Å². The molecule has 0 aliphatic carbocycles. The second-order valence-corrected chi connectivity index (χ2v) is 14.3. The number of hydrogen-bond acceptors (Lipinski definition) is 10. The number of hydrogen-bond donors (Lipinski definition) is 4. The van der Waals surface area contributed by atoms with E-state index in [1.807, 2.05) is 62.4 Å². The molecule has 0 spiro atoms. The molecule has 3 heterocycles. The van der Waals surface area contributed by atoms with E-state index in [0.29, 0.717) is 34.2 Å². The lowest BCUT2D eigenvalue weighted by Crippen LogP contribution is -2.47. The van der Waals surface area contributed by atoms with Gasteiger partial charge in [0.15, 0.2) is 5.76 Å². The van der Waals surface area contributed by atoms with Crippen molar-refractivity contribution in [2.75, 3.05) is 22.9 Å². The van der Waals surface area contributed by atoms with Crippen LogP contribution in [-0.4, -0.2) is 76.2 Å². The number of anilines is 2. The van der Waals surface area contributed by atoms with Crippen LogP contribution in [0.5, 0.6) is 0 Å². The molecule has 1 aromatic heterocycles. The van der Waals surface area contributed by atoms with Crippen molar-refractivity contribution in [2.45, 2.75) is 63.8 Å². The van der Waals surface area contributed by atoms with E-state index in [0.717, 1.165) is 22.3 Å². The van der Waals surface area contributed by atoms with Crippen molar-refractivity contribution in [3.05, 3.63) is 126 Å². The van der Waals surface area contributed by atoms with Gasteiger partial charge in [0.05, 0.1) is 54.7 Å². The van der Waals surface area contributed by atoms with Crippen molar-refractivity contribution >= 4 is 35.0 Å². The monoisotopic (exact) mass is 741 g/mol. The number of nitrogens with one attached hydrogen (secondary N) is 2. The maximum Gasteiger partial charge on any atom is 0.250 e. The van der Waals surface area contributed by atoms with E-state index in [1.165, 1.54) is 9.80 Å². The number of β-amino-alcohol motifs (C(OH)–C–C–N with tert-alkyl or cyclic N) is 2. The summed E-state index contributed by atoms with van der Waals surface area (Å²) in [4.78, 5) is 61.5. The molecule has 4 amide bonds. The molecule has 0 saturated carbocycles. The van der Waals surface area contributed by atoms with Crippen LogP contribution >= 0.6 is 0 Å². The second-order valence-electron chi connectivity index (χ2n) is 14.3. The zero-order chi connectivity index (χ0) is 38.6. The number of benzene rings is 4. The molecule has 4 N–H and O–H groups in total. The highest BCUT2D eigenvalue weighted by molar-refractivity contribution is 6.18. The number of carbonyl (C=O) groups is 4. The average molecular weight is 742 g/mol. The lowest BCUT2D eigenvalue weighted by molar-refractivity contribution is -0.128. The summed E-state index contributed by atoms with van der Waals surface area (Å²) in [7, 11) is 0. The molecule has 2 aliphatic rings. The Morgan fingerprint density at radius 3 is 1.55 bits per heavy atom. The largest absolute Gasteiger partial charge is 0.436 e. The summed E-state index contributed by atoms with van der Waals surface area (Å²) in [5, 5.41) is 26.2. The molecule has 12 nitrogen and oxygen atoms in total. The Labute approximate surface area is 318 Å². The van der Waals surface area contributed by atoms with Crippen LogP contribution < -0.4 is 20.4 Å². The number of aryl methyl sites for hydroxylation is 2. The molecule has 4 aromatic carbocycles. The van der Waals surface area contributed by atoms with Crippen LogP contribution in [0.25, 0.3) is 22.8 Å². The van der Waals surface area contributed by atoms with Gasteiger partial charge in [0, 0.05) is 24.2 Å². The van der Waals surface area contributed by atoms with Crippen molar-refractivity contribution in [1.82, 2.24) is 15.6 Å². The molecule has 12 heteroatoms. The predicted octanol–water partition coefficient (Wildman–Crippen LogP) is 4.28. The smallest absolute Gasteiger partial charge is 0.250 e. The summed E-state index contributed by atoms with van der Waals surface area (Å²) in [6, 6.07) is 27.4. The van der Waals surface area contributed by atoms with Crippen LogP contribution in [0, 0.1) is 13.8 Å². The van der Waals surface area contributed by atoms with Gasteiger partial charge in [0.2, 0.25) is 17.7 Å². The quantitative estimate of drug-likeness (QED) is 0.163. The fraction of sp³-hybridized carbons (Fsp3) is 0.279. The molecule has 4 atom stereocenters. The summed E-state index contributed by atoms with van der Waals surface area (Å²) in [6.07, 6.45) is 0.725. The highest BCUT2D eigenvalue weighted by Crippen LogP contribution is 2.30. The van der Waals surface area contributed by atoms with Crippen LogP contribution in [0.4, 0.5) is 11.4 Å². The zero-order valence-electron chi connectivity index (χ0n) is 30.6. The number of rotatable bonds is 10. The van der Waals surface area contributed by atoms with Crippen molar-refractivity contribution in [1.29, 1.82) is 0 Å². The first-order chi connectivity index (χ1) is 26.5. The molecule has 282 valence electrons. The molecule has 55 heavy (non-hydrogen) atoms. The standard InChI is InChI=1S/C43H43N5O7/c1-26-5-3-7-28(17-26)19-39(51)47(42(53)36-21-34(49)23-44-36)32-13-9-30(10-14-32)38-25-46-41(55-38)31-11-15-33(16-12-31)48(43(54)37-22-35(50)24-45-37)40(52)20-29-8-4-6-27(2)18-29/h3-18,25,34-37,44-45,49-50H,19-24H2,1-2H3/t34-,35-,36+,37+/m1/s1. The minimum Gasteiger partial charge on any atom is -0.436 e. The topological polar surface area (TPSA) is 165 Å². The molecule has 2 saturated heterocycles. The predicted molar refractivity (Wildman–Crippen MR) is 207 cm³/mol. The normalized spacial score (nSPS) is 19.3. The molecule has 0 radical (unpaired) electrons. The molecule has 0 unspecified atom stereocenters. The van der Waals surface area contributed by atoms with Crippen molar-refractivity contribution in [3.63, 3.8) is 0 Å². The van der Waals surface area contributed by atoms with Gasteiger partial charge in [-0.2, -0.15) is 0 Å². The zero-order valence-corrected chi connectivity index (χ0v) is 30.6. The van der Waals surface area contributed by atoms with E-state index in [-0.39, 0.29) is 50.6 Å². The van der Waals surface area contributed by atoms with E-state index >= 15 is 0 Å². The molecular formula is C43H43N5O7. The van der Waals surface area contributed by atoms with E-state index in [1.54, 1.807) is 54.7 Å². The van der Waals surface area contributed by atoms with Crippen LogP contribution in [0.3, 0.4) is 0 Å². The van der Waals surface area contributed by atoms with E-state index < -0.39 is 36.1 Å². The van der Waals surface area contributed by atoms with Gasteiger partial charge >= 0.3 is 0 Å². The first kappa shape index (κ1) is 37.5. The van der Waals surface area contributed by atoms with Crippen LogP contribution in [0.1, 0.15) is 35.1 Å². The van der Waals surface area contributed by atoms with Crippen LogP contribution in [0.15, 0.2) is 108 Å². The molecule has 2 fully saturated rings. The maximum atomic E-state index is 13.7. The lowest BCUT2D eigenvalue weighted by atomic mass is 10.1. The second kappa shape index (κ2) is 16.3. The van der Waals surface area contributed by atoms with Gasteiger partial charge in [-0.3, -0.25) is 19.2 Å². The number of amides is 4. The lowest BCUT2D eigenvalue weighted by Gasteiger charge is -2.24. The van der Waals surface area contributed by atoms with Crippen LogP contribution in [0.2, 0.25) is 0 Å². The highest BCUT2D eigenvalue weighted by atomic mass is 16.4. The van der Waals surface area contributed by atoms with E-state index in [2.05, 4.69) is 15.6 Å². The van der Waals surface area contributed by atoms with Crippen LogP contribution in [-0.2, 0) is 32.0 Å². The molecule has 2 aliphatic heterocycles. The summed E-state index contributed by atoms with van der Waals surface area (Å²) in [6.45, 7) is 4.44. The molecular weight excluding hydrogens is 699 g/mol. The number of aromatic nitrogens is 1. The first-order valence-corrected chi connectivity index (χ1v) is 18.4. The molecule has 5 aromatic rings. The minimum atomic E-state index is -0.694. The Kier molecular flexibility index (Phi) is 11.1. The van der Waals surface area contributed by atoms with E-state index in [4.69, 9.17) is 4.42 Å². The fourth-order valence-corrected chi connectivity index (χ4v) is 7.13. The summed E-state index contributed by atoms with van der Waals surface area (Å²) in [5.41, 5.74) is 5.65. The number of nitrogens with zero attached hydrogens (tertiary/aromatic N) is 3. The molecule has 7 rings (SSSR count). The van der Waals surface area contributed by atoms with Gasteiger partial charge in [-0.15, -0.1) is 0 Å². The summed E-state index contributed by atoms with van der Waals surface area (Å²) in [5.74, 6) is -0.870. The SMILES string of the molecule is Cc1cccc(CC(=O)N(C(=O)[C@@H]2C[C@@H](O)CN2)c2ccc(-c3cnc(-c4ccc(N(C(=O)Cc5cccc(C)c5)C(=O)[C@@H]5C[C@@H](O)CN5)cc4)o3)cc2)c1. The highest BCUT2D eigenvalue weighted by Gasteiger charge is 2.36. The van der Waals surface area contributed by atoms with Crippen molar-refractivity contribution in [3.8, 4) is 22.8 Å². The minimum absolute atomic E-state index is 0.0275. The van der Waals surface area contributed by atoms with Gasteiger partial charge in [-0.25, -0.2) is 14.8 Å². The van der Waals surface area contributed by atoms with Crippen molar-refractivity contribution < 1.29 is 33.8 Å².